The van der Waals surface area contributed by atoms with Crippen molar-refractivity contribution in [1.82, 2.24) is 4.98 Å². The molecule has 0 aliphatic heterocycles. The van der Waals surface area contributed by atoms with Crippen LogP contribution in [0.15, 0.2) is 0 Å². The van der Waals surface area contributed by atoms with Crippen molar-refractivity contribution in [3.05, 3.63) is 15.6 Å². The van der Waals surface area contributed by atoms with Crippen LogP contribution in [0.5, 0.6) is 0 Å². The minimum atomic E-state index is -0.732. The number of aromatic nitrogens is 1. The molecule has 0 atom stereocenters. The van der Waals surface area contributed by atoms with Gasteiger partial charge in [-0.05, 0) is 18.1 Å². The molecule has 0 saturated heterocycles. The molecule has 0 amide bonds. The third-order valence-corrected chi connectivity index (χ3v) is 4.86. The van der Waals surface area contributed by atoms with Gasteiger partial charge in [-0.1, -0.05) is 27.2 Å². The van der Waals surface area contributed by atoms with Crippen LogP contribution in [0.25, 0.3) is 0 Å². The summed E-state index contributed by atoms with van der Waals surface area (Å²) in [6.07, 6.45) is 2.84. The van der Waals surface area contributed by atoms with E-state index in [1.165, 1.54) is 4.88 Å². The highest BCUT2D eigenvalue weighted by molar-refractivity contribution is 7.99. The van der Waals surface area contributed by atoms with Gasteiger partial charge in [-0.2, -0.15) is 11.8 Å². The zero-order valence-electron chi connectivity index (χ0n) is 11.2. The summed E-state index contributed by atoms with van der Waals surface area (Å²) < 4.78 is 0. The Morgan fingerprint density at radius 1 is 1.44 bits per heavy atom. The van der Waals surface area contributed by atoms with Crippen molar-refractivity contribution >= 4 is 29.1 Å². The fraction of sp³-hybridized carbons (Fsp3) is 0.692. The predicted molar refractivity (Wildman–Crippen MR) is 78.5 cm³/mol. The molecule has 1 aromatic rings. The molecule has 1 rings (SSSR count). The van der Waals surface area contributed by atoms with Crippen LogP contribution in [0.2, 0.25) is 0 Å². The fourth-order valence-corrected chi connectivity index (χ4v) is 3.47. The highest BCUT2D eigenvalue weighted by Gasteiger charge is 2.12. The van der Waals surface area contributed by atoms with Crippen molar-refractivity contribution in [2.75, 3.05) is 0 Å². The number of nitrogens with zero attached hydrogens (tertiary/aromatic N) is 1. The lowest BCUT2D eigenvalue weighted by Gasteiger charge is -2.00. The number of rotatable bonds is 8. The van der Waals surface area contributed by atoms with E-state index in [0.717, 1.165) is 29.3 Å². The number of aliphatic carboxylic acids is 1. The van der Waals surface area contributed by atoms with E-state index in [9.17, 15) is 4.79 Å². The van der Waals surface area contributed by atoms with Gasteiger partial charge in [0.2, 0.25) is 0 Å². The van der Waals surface area contributed by atoms with Crippen LogP contribution < -0.4 is 0 Å². The molecule has 18 heavy (non-hydrogen) atoms. The molecule has 0 saturated carbocycles. The molecule has 0 aliphatic carbocycles. The molecule has 1 N–H and O–H groups in total. The van der Waals surface area contributed by atoms with Gasteiger partial charge in [0.15, 0.2) is 0 Å². The second kappa shape index (κ2) is 7.79. The Labute approximate surface area is 117 Å². The number of thiazole rings is 1. The SMILES string of the molecule is CCCc1nc(CSC(C)C)sc1CCC(=O)O. The van der Waals surface area contributed by atoms with E-state index in [4.69, 9.17) is 5.11 Å². The van der Waals surface area contributed by atoms with Crippen molar-refractivity contribution in [3.63, 3.8) is 0 Å². The minimum Gasteiger partial charge on any atom is -0.481 e. The molecule has 0 unspecified atom stereocenters. The zero-order chi connectivity index (χ0) is 13.5. The number of hydrogen-bond donors (Lipinski definition) is 1. The first-order valence-electron chi connectivity index (χ1n) is 6.33. The van der Waals surface area contributed by atoms with Crippen molar-refractivity contribution < 1.29 is 9.90 Å². The maximum absolute atomic E-state index is 10.6. The largest absolute Gasteiger partial charge is 0.481 e. The van der Waals surface area contributed by atoms with E-state index >= 15 is 0 Å². The lowest BCUT2D eigenvalue weighted by Crippen LogP contribution is -1.98. The van der Waals surface area contributed by atoms with Crippen LogP contribution in [0.1, 0.15) is 49.2 Å². The molecule has 0 spiro atoms. The average molecular weight is 287 g/mol. The van der Waals surface area contributed by atoms with E-state index in [2.05, 4.69) is 25.8 Å². The number of carbonyl (C=O) groups is 1. The Morgan fingerprint density at radius 3 is 2.72 bits per heavy atom. The highest BCUT2D eigenvalue weighted by atomic mass is 32.2. The first-order valence-corrected chi connectivity index (χ1v) is 8.20. The third kappa shape index (κ3) is 5.40. The Balaban J connectivity index is 2.69. The van der Waals surface area contributed by atoms with Gasteiger partial charge >= 0.3 is 5.97 Å². The molecular weight excluding hydrogens is 266 g/mol. The number of aryl methyl sites for hydroxylation is 2. The summed E-state index contributed by atoms with van der Waals surface area (Å²) in [6, 6.07) is 0. The summed E-state index contributed by atoms with van der Waals surface area (Å²) >= 11 is 3.57. The van der Waals surface area contributed by atoms with Crippen molar-refractivity contribution in [1.29, 1.82) is 0 Å². The van der Waals surface area contributed by atoms with Gasteiger partial charge in [0.25, 0.3) is 0 Å². The van der Waals surface area contributed by atoms with Crippen LogP contribution in [-0.4, -0.2) is 21.3 Å². The lowest BCUT2D eigenvalue weighted by molar-refractivity contribution is -0.136. The summed E-state index contributed by atoms with van der Waals surface area (Å²) in [5.74, 6) is 0.204. The number of carboxylic acids is 1. The number of thioether (sulfide) groups is 1. The van der Waals surface area contributed by atoms with E-state index in [0.29, 0.717) is 11.7 Å². The quantitative estimate of drug-likeness (QED) is 0.791. The van der Waals surface area contributed by atoms with Crippen LogP contribution >= 0.6 is 23.1 Å². The molecule has 102 valence electrons. The molecular formula is C13H21NO2S2. The first kappa shape index (κ1) is 15.5. The molecule has 0 aliphatic rings. The van der Waals surface area contributed by atoms with Crippen LogP contribution in [-0.2, 0) is 23.4 Å². The van der Waals surface area contributed by atoms with Crippen LogP contribution in [0, 0.1) is 0 Å². The van der Waals surface area contributed by atoms with Gasteiger partial charge in [-0.25, -0.2) is 4.98 Å². The van der Waals surface area contributed by atoms with Crippen molar-refractivity contribution in [2.24, 2.45) is 0 Å². The van der Waals surface area contributed by atoms with E-state index in [1.54, 1.807) is 11.3 Å². The monoisotopic (exact) mass is 287 g/mol. The summed E-state index contributed by atoms with van der Waals surface area (Å²) in [7, 11) is 0. The van der Waals surface area contributed by atoms with Gasteiger partial charge in [0.1, 0.15) is 5.01 Å². The molecule has 1 heterocycles. The minimum absolute atomic E-state index is 0.204. The van der Waals surface area contributed by atoms with Crippen molar-refractivity contribution in [2.45, 2.75) is 57.5 Å². The molecule has 0 radical (unpaired) electrons. The summed E-state index contributed by atoms with van der Waals surface area (Å²) in [5, 5.41) is 10.5. The van der Waals surface area contributed by atoms with E-state index in [1.807, 2.05) is 11.8 Å². The smallest absolute Gasteiger partial charge is 0.303 e. The first-order chi connectivity index (χ1) is 8.52. The summed E-state index contributed by atoms with van der Waals surface area (Å²) in [5.41, 5.74) is 1.11. The Kier molecular flexibility index (Phi) is 6.71. The molecule has 1 aromatic heterocycles. The topological polar surface area (TPSA) is 50.2 Å². The molecule has 0 aromatic carbocycles. The Morgan fingerprint density at radius 2 is 2.17 bits per heavy atom. The predicted octanol–water partition coefficient (Wildman–Crippen LogP) is 3.75. The van der Waals surface area contributed by atoms with E-state index < -0.39 is 5.97 Å². The third-order valence-electron chi connectivity index (χ3n) is 2.42. The fourth-order valence-electron chi connectivity index (χ4n) is 1.58. The van der Waals surface area contributed by atoms with Gasteiger partial charge in [0, 0.05) is 10.6 Å². The summed E-state index contributed by atoms with van der Waals surface area (Å²) in [6.45, 7) is 6.48. The normalized spacial score (nSPS) is 11.1. The van der Waals surface area contributed by atoms with Gasteiger partial charge in [-0.3, -0.25) is 4.79 Å². The molecule has 0 fully saturated rings. The number of hydrogen-bond acceptors (Lipinski definition) is 4. The van der Waals surface area contributed by atoms with E-state index in [-0.39, 0.29) is 6.42 Å². The van der Waals surface area contributed by atoms with Crippen LogP contribution in [0.3, 0.4) is 0 Å². The second-order valence-electron chi connectivity index (χ2n) is 4.48. The van der Waals surface area contributed by atoms with Crippen molar-refractivity contribution in [3.8, 4) is 0 Å². The Bertz CT molecular complexity index is 388. The lowest BCUT2D eigenvalue weighted by atomic mass is 10.2. The van der Waals surface area contributed by atoms with Crippen LogP contribution in [0.4, 0.5) is 0 Å². The summed E-state index contributed by atoms with van der Waals surface area (Å²) in [4.78, 5) is 16.5. The maximum Gasteiger partial charge on any atom is 0.303 e. The standard InChI is InChI=1S/C13H21NO2S2/c1-4-5-10-11(6-7-13(15)16)18-12(14-10)8-17-9(2)3/h9H,4-8H2,1-3H3,(H,15,16). The zero-order valence-corrected chi connectivity index (χ0v) is 12.9. The maximum atomic E-state index is 10.6. The number of carboxylic acid groups (broad SMARTS) is 1. The second-order valence-corrected chi connectivity index (χ2v) is 7.21. The highest BCUT2D eigenvalue weighted by Crippen LogP contribution is 2.26. The molecule has 3 nitrogen and oxygen atoms in total. The van der Waals surface area contributed by atoms with Gasteiger partial charge < -0.3 is 5.11 Å². The Hall–Kier alpha value is -0.550. The molecule has 0 bridgehead atoms. The molecule has 5 heteroatoms. The van der Waals surface area contributed by atoms with Gasteiger partial charge in [0.05, 0.1) is 12.1 Å². The van der Waals surface area contributed by atoms with Gasteiger partial charge in [-0.15, -0.1) is 11.3 Å². The average Bonchev–Trinajstić information content (AvgIpc) is 2.67.